The first-order valence-corrected chi connectivity index (χ1v) is 8.30. The van der Waals surface area contributed by atoms with Gasteiger partial charge in [-0.25, -0.2) is 0 Å². The van der Waals surface area contributed by atoms with E-state index in [1.807, 2.05) is 13.8 Å². The fourth-order valence-corrected chi connectivity index (χ4v) is 2.85. The normalized spacial score (nSPS) is 19.8. The molecule has 0 aliphatic heterocycles. The molecule has 0 spiro atoms. The van der Waals surface area contributed by atoms with Crippen LogP contribution in [0.3, 0.4) is 0 Å². The minimum absolute atomic E-state index is 0. The van der Waals surface area contributed by atoms with Crippen molar-refractivity contribution in [3.05, 3.63) is 28.8 Å². The second-order valence-corrected chi connectivity index (χ2v) is 6.87. The summed E-state index contributed by atoms with van der Waals surface area (Å²) in [5.41, 5.74) is 6.83. The van der Waals surface area contributed by atoms with Crippen molar-refractivity contribution in [3.8, 4) is 0 Å². The van der Waals surface area contributed by atoms with Crippen LogP contribution >= 0.6 is 24.0 Å². The van der Waals surface area contributed by atoms with Crippen LogP contribution in [0.4, 0.5) is 5.69 Å². The first kappa shape index (κ1) is 20.7. The monoisotopic (exact) mass is 373 g/mol. The number of amides is 2. The van der Waals surface area contributed by atoms with Crippen molar-refractivity contribution in [1.82, 2.24) is 4.90 Å². The average molecular weight is 374 g/mol. The number of halogens is 2. The molecule has 0 radical (unpaired) electrons. The van der Waals surface area contributed by atoms with Crippen LogP contribution in [0.25, 0.3) is 0 Å². The van der Waals surface area contributed by atoms with Gasteiger partial charge in [-0.3, -0.25) is 9.59 Å². The maximum Gasteiger partial charge on any atom is 0.253 e. The highest BCUT2D eigenvalue weighted by molar-refractivity contribution is 6.33. The van der Waals surface area contributed by atoms with E-state index in [4.69, 9.17) is 17.3 Å². The Morgan fingerprint density at radius 1 is 1.33 bits per heavy atom. The molecule has 2 unspecified atom stereocenters. The Bertz CT molecular complexity index is 607. The summed E-state index contributed by atoms with van der Waals surface area (Å²) in [5, 5.41) is 3.26. The second-order valence-electron chi connectivity index (χ2n) is 6.46. The van der Waals surface area contributed by atoms with E-state index in [0.29, 0.717) is 22.7 Å². The van der Waals surface area contributed by atoms with E-state index in [-0.39, 0.29) is 42.2 Å². The third-order valence-corrected chi connectivity index (χ3v) is 4.74. The number of hydrogen-bond acceptors (Lipinski definition) is 3. The van der Waals surface area contributed by atoms with Crippen LogP contribution < -0.4 is 11.1 Å². The van der Waals surface area contributed by atoms with E-state index in [2.05, 4.69) is 5.32 Å². The molecule has 3 N–H and O–H groups in total. The Morgan fingerprint density at radius 3 is 2.54 bits per heavy atom. The highest BCUT2D eigenvalue weighted by atomic mass is 35.5. The molecule has 1 fully saturated rings. The molecule has 2 atom stereocenters. The summed E-state index contributed by atoms with van der Waals surface area (Å²) in [5.74, 6) is -0.268. The fraction of sp³-hybridized carbons (Fsp3) is 0.529. The Morgan fingerprint density at radius 2 is 2.00 bits per heavy atom. The number of carbonyl (C=O) groups is 2. The Balaban J connectivity index is 0.00000288. The first-order valence-electron chi connectivity index (χ1n) is 7.92. The van der Waals surface area contributed by atoms with E-state index < -0.39 is 0 Å². The van der Waals surface area contributed by atoms with Gasteiger partial charge in [-0.05, 0) is 51.3 Å². The molecule has 0 heterocycles. The fourth-order valence-electron chi connectivity index (χ4n) is 2.68. The molecular formula is C17H25Cl2N3O2. The van der Waals surface area contributed by atoms with Crippen LogP contribution in [0.5, 0.6) is 0 Å². The maximum absolute atomic E-state index is 12.4. The number of rotatable bonds is 4. The molecule has 0 aromatic heterocycles. The lowest BCUT2D eigenvalue weighted by molar-refractivity contribution is -0.119. The average Bonchev–Trinajstić information content (AvgIpc) is 2.94. The molecule has 1 aromatic carbocycles. The summed E-state index contributed by atoms with van der Waals surface area (Å²) in [4.78, 5) is 26.3. The van der Waals surface area contributed by atoms with Crippen LogP contribution in [0.1, 0.15) is 43.5 Å². The molecule has 24 heavy (non-hydrogen) atoms. The van der Waals surface area contributed by atoms with Gasteiger partial charge in [0.05, 0.1) is 10.7 Å². The van der Waals surface area contributed by atoms with Crippen LogP contribution in [0.15, 0.2) is 18.2 Å². The molecule has 0 saturated heterocycles. The van der Waals surface area contributed by atoms with Gasteiger partial charge < -0.3 is 16.0 Å². The van der Waals surface area contributed by atoms with E-state index >= 15 is 0 Å². The Kier molecular flexibility index (Phi) is 7.52. The summed E-state index contributed by atoms with van der Waals surface area (Å²) >= 11 is 6.16. The first-order chi connectivity index (χ1) is 10.8. The summed E-state index contributed by atoms with van der Waals surface area (Å²) in [7, 11) is 1.75. The summed E-state index contributed by atoms with van der Waals surface area (Å²) < 4.78 is 0. The van der Waals surface area contributed by atoms with Gasteiger partial charge in [0.15, 0.2) is 0 Å². The molecule has 5 nitrogen and oxygen atoms in total. The zero-order valence-corrected chi connectivity index (χ0v) is 15.8. The minimum Gasteiger partial charge on any atom is -0.339 e. The number of nitrogens with two attached hydrogens (primary N) is 1. The van der Waals surface area contributed by atoms with Gasteiger partial charge >= 0.3 is 0 Å². The molecule has 134 valence electrons. The van der Waals surface area contributed by atoms with Crippen LogP contribution in [-0.4, -0.2) is 35.8 Å². The summed E-state index contributed by atoms with van der Waals surface area (Å²) in [6.45, 7) is 3.89. The lowest BCUT2D eigenvalue weighted by Gasteiger charge is -2.22. The summed E-state index contributed by atoms with van der Waals surface area (Å²) in [6, 6.07) is 5.13. The van der Waals surface area contributed by atoms with Gasteiger partial charge in [0.2, 0.25) is 5.91 Å². The van der Waals surface area contributed by atoms with Crippen molar-refractivity contribution in [2.24, 2.45) is 11.7 Å². The van der Waals surface area contributed by atoms with E-state index in [0.717, 1.165) is 12.8 Å². The molecule has 2 amide bonds. The molecule has 1 aliphatic carbocycles. The van der Waals surface area contributed by atoms with Gasteiger partial charge in [0, 0.05) is 30.6 Å². The predicted molar refractivity (Wildman–Crippen MR) is 99.9 cm³/mol. The van der Waals surface area contributed by atoms with Gasteiger partial charge in [-0.2, -0.15) is 0 Å². The number of anilines is 1. The van der Waals surface area contributed by atoms with E-state index in [1.54, 1.807) is 30.1 Å². The zero-order valence-electron chi connectivity index (χ0n) is 14.2. The zero-order chi connectivity index (χ0) is 17.1. The Hall–Kier alpha value is -1.30. The van der Waals surface area contributed by atoms with Crippen LogP contribution in [0.2, 0.25) is 5.02 Å². The van der Waals surface area contributed by atoms with Gasteiger partial charge in [0.1, 0.15) is 0 Å². The smallest absolute Gasteiger partial charge is 0.253 e. The van der Waals surface area contributed by atoms with Crippen molar-refractivity contribution in [2.75, 3.05) is 12.4 Å². The van der Waals surface area contributed by atoms with Crippen molar-refractivity contribution < 1.29 is 9.59 Å². The largest absolute Gasteiger partial charge is 0.339 e. The van der Waals surface area contributed by atoms with E-state index in [1.165, 1.54) is 0 Å². The van der Waals surface area contributed by atoms with Gasteiger partial charge in [0.25, 0.3) is 5.91 Å². The number of nitrogens with zero attached hydrogens (tertiary/aromatic N) is 1. The molecule has 0 bridgehead atoms. The minimum atomic E-state index is -0.102. The number of hydrogen-bond donors (Lipinski definition) is 2. The molecule has 1 aromatic rings. The van der Waals surface area contributed by atoms with Crippen molar-refractivity contribution in [1.29, 1.82) is 0 Å². The van der Waals surface area contributed by atoms with Crippen molar-refractivity contribution in [2.45, 2.75) is 45.2 Å². The molecule has 1 saturated carbocycles. The highest BCUT2D eigenvalue weighted by Gasteiger charge is 2.28. The standard InChI is InChI=1S/C17H24ClN3O2.ClH/c1-10(2)21(3)17(23)12-5-7-14(18)15(9-12)20-16(22)11-4-6-13(19)8-11;/h5,7,9-11,13H,4,6,8,19H2,1-3H3,(H,20,22);1H. The van der Waals surface area contributed by atoms with Gasteiger partial charge in [-0.15, -0.1) is 12.4 Å². The number of nitrogens with one attached hydrogen (secondary N) is 1. The predicted octanol–water partition coefficient (Wildman–Crippen LogP) is 3.31. The highest BCUT2D eigenvalue weighted by Crippen LogP contribution is 2.28. The lowest BCUT2D eigenvalue weighted by Crippen LogP contribution is -2.33. The summed E-state index contributed by atoms with van der Waals surface area (Å²) in [6.07, 6.45) is 2.35. The van der Waals surface area contributed by atoms with Crippen molar-refractivity contribution >= 4 is 41.5 Å². The second kappa shape index (κ2) is 8.70. The topological polar surface area (TPSA) is 75.4 Å². The van der Waals surface area contributed by atoms with Crippen LogP contribution in [0, 0.1) is 5.92 Å². The quantitative estimate of drug-likeness (QED) is 0.849. The molecular weight excluding hydrogens is 349 g/mol. The third-order valence-electron chi connectivity index (χ3n) is 4.41. The molecule has 2 rings (SSSR count). The van der Waals surface area contributed by atoms with Crippen molar-refractivity contribution in [3.63, 3.8) is 0 Å². The lowest BCUT2D eigenvalue weighted by atomic mass is 10.1. The Labute approximate surface area is 154 Å². The number of benzene rings is 1. The van der Waals surface area contributed by atoms with Gasteiger partial charge in [-0.1, -0.05) is 11.6 Å². The molecule has 1 aliphatic rings. The van der Waals surface area contributed by atoms with E-state index in [9.17, 15) is 9.59 Å². The molecule has 7 heteroatoms. The number of carbonyl (C=O) groups excluding carboxylic acids is 2. The maximum atomic E-state index is 12.4. The SMILES string of the molecule is CC(C)N(C)C(=O)c1ccc(Cl)c(NC(=O)C2CCC(N)C2)c1.Cl. The van der Waals surface area contributed by atoms with Crippen LogP contribution in [-0.2, 0) is 4.79 Å². The third kappa shape index (κ3) is 4.85.